The molecule has 0 saturated heterocycles. The Kier molecular flexibility index (Phi) is 3.98. The van der Waals surface area contributed by atoms with Crippen molar-refractivity contribution in [1.29, 1.82) is 0 Å². The summed E-state index contributed by atoms with van der Waals surface area (Å²) in [7, 11) is 0. The number of fused-ring (bicyclic) bond motifs is 1. The van der Waals surface area contributed by atoms with Crippen LogP contribution in [0.2, 0.25) is 5.02 Å². The molecule has 6 nitrogen and oxygen atoms in total. The minimum atomic E-state index is -1.01. The van der Waals surface area contributed by atoms with E-state index in [-0.39, 0.29) is 6.42 Å². The molecule has 0 aliphatic carbocycles. The van der Waals surface area contributed by atoms with E-state index in [9.17, 15) is 9.59 Å². The number of amides is 2. The Hall–Kier alpha value is -1.70. The summed E-state index contributed by atoms with van der Waals surface area (Å²) in [6, 6.07) is 2.47. The van der Waals surface area contributed by atoms with E-state index in [0.29, 0.717) is 16.2 Å². The quantitative estimate of drug-likeness (QED) is 0.784. The number of carbonyl (C=O) groups excluding carboxylic acids is 2. The molecule has 1 atom stereocenters. The third kappa shape index (κ3) is 3.01. The van der Waals surface area contributed by atoms with Crippen LogP contribution in [0, 0.1) is 0 Å². The molecular formula is C11H11ClN4O2S. The Labute approximate surface area is 117 Å². The molecule has 0 spiro atoms. The average Bonchev–Trinajstić information content (AvgIpc) is 2.80. The Balaban J connectivity index is 2.25. The lowest BCUT2D eigenvalue weighted by molar-refractivity contribution is -0.123. The fourth-order valence-corrected chi connectivity index (χ4v) is 2.44. The molecule has 100 valence electrons. The Bertz CT molecular complexity index is 643. The van der Waals surface area contributed by atoms with Gasteiger partial charge in [0.05, 0.1) is 33.4 Å². The Morgan fingerprint density at radius 2 is 2.21 bits per heavy atom. The summed E-state index contributed by atoms with van der Waals surface area (Å²) in [6.07, 6.45) is -0.226. The summed E-state index contributed by atoms with van der Waals surface area (Å²) in [6.45, 7) is 0. The van der Waals surface area contributed by atoms with Gasteiger partial charge in [-0.3, -0.25) is 9.59 Å². The third-order valence-electron chi connectivity index (χ3n) is 2.46. The second-order valence-corrected chi connectivity index (χ2v) is 5.18. The lowest BCUT2D eigenvalue weighted by Crippen LogP contribution is -2.39. The molecule has 1 heterocycles. The number of nitrogens with two attached hydrogens (primary N) is 2. The molecule has 0 aliphatic heterocycles. The lowest BCUT2D eigenvalue weighted by atomic mass is 10.2. The molecule has 1 aromatic carbocycles. The summed E-state index contributed by atoms with van der Waals surface area (Å²) in [5.74, 6) is -1.16. The predicted octanol–water partition coefficient (Wildman–Crippen LogP) is 1.09. The summed E-state index contributed by atoms with van der Waals surface area (Å²) in [4.78, 5) is 26.7. The molecule has 19 heavy (non-hydrogen) atoms. The highest BCUT2D eigenvalue weighted by atomic mass is 35.5. The SMILES string of the molecule is NC(=O)CC(N)C(=O)Nc1c(Cl)ccc2scnc12. The van der Waals surface area contributed by atoms with Gasteiger partial charge in [0.1, 0.15) is 5.52 Å². The molecular weight excluding hydrogens is 288 g/mol. The molecule has 1 unspecified atom stereocenters. The Morgan fingerprint density at radius 1 is 1.47 bits per heavy atom. The maximum Gasteiger partial charge on any atom is 0.241 e. The second kappa shape index (κ2) is 5.52. The highest BCUT2D eigenvalue weighted by Crippen LogP contribution is 2.32. The fraction of sp³-hybridized carbons (Fsp3) is 0.182. The topological polar surface area (TPSA) is 111 Å². The van der Waals surface area contributed by atoms with Crippen LogP contribution in [0.15, 0.2) is 17.6 Å². The van der Waals surface area contributed by atoms with E-state index < -0.39 is 17.9 Å². The number of primary amides is 1. The van der Waals surface area contributed by atoms with Crippen LogP contribution >= 0.6 is 22.9 Å². The van der Waals surface area contributed by atoms with Crippen LogP contribution in [0.4, 0.5) is 5.69 Å². The zero-order valence-electron chi connectivity index (χ0n) is 9.72. The van der Waals surface area contributed by atoms with Crippen molar-refractivity contribution in [2.75, 3.05) is 5.32 Å². The van der Waals surface area contributed by atoms with Crippen LogP contribution in [0.25, 0.3) is 10.2 Å². The first-order valence-corrected chi connectivity index (χ1v) is 6.61. The van der Waals surface area contributed by atoms with Crippen molar-refractivity contribution in [3.63, 3.8) is 0 Å². The van der Waals surface area contributed by atoms with Gasteiger partial charge in [-0.1, -0.05) is 11.6 Å². The maximum absolute atomic E-state index is 11.8. The van der Waals surface area contributed by atoms with Crippen LogP contribution in [-0.4, -0.2) is 22.8 Å². The number of nitrogens with zero attached hydrogens (tertiary/aromatic N) is 1. The highest BCUT2D eigenvalue weighted by molar-refractivity contribution is 7.16. The molecule has 0 fully saturated rings. The first-order chi connectivity index (χ1) is 8.99. The monoisotopic (exact) mass is 298 g/mol. The smallest absolute Gasteiger partial charge is 0.241 e. The van der Waals surface area contributed by atoms with Crippen LogP contribution in [0.1, 0.15) is 6.42 Å². The van der Waals surface area contributed by atoms with Crippen molar-refractivity contribution in [1.82, 2.24) is 4.98 Å². The third-order valence-corrected chi connectivity index (χ3v) is 3.57. The normalized spacial score (nSPS) is 12.3. The number of hydrogen-bond acceptors (Lipinski definition) is 5. The van der Waals surface area contributed by atoms with Crippen molar-refractivity contribution in [3.8, 4) is 0 Å². The van der Waals surface area contributed by atoms with Crippen molar-refractivity contribution >= 4 is 50.7 Å². The van der Waals surface area contributed by atoms with Gasteiger partial charge in [0.25, 0.3) is 0 Å². The van der Waals surface area contributed by atoms with Gasteiger partial charge in [0.15, 0.2) is 0 Å². The summed E-state index contributed by atoms with van der Waals surface area (Å²) in [5, 5.41) is 2.94. The number of anilines is 1. The van der Waals surface area contributed by atoms with Crippen molar-refractivity contribution in [2.45, 2.75) is 12.5 Å². The van der Waals surface area contributed by atoms with Gasteiger partial charge in [0, 0.05) is 0 Å². The van der Waals surface area contributed by atoms with Gasteiger partial charge in [0.2, 0.25) is 11.8 Å². The zero-order chi connectivity index (χ0) is 14.0. The molecule has 1 aromatic heterocycles. The number of rotatable bonds is 4. The van der Waals surface area contributed by atoms with E-state index >= 15 is 0 Å². The van der Waals surface area contributed by atoms with Gasteiger partial charge in [-0.05, 0) is 12.1 Å². The fourth-order valence-electron chi connectivity index (χ4n) is 1.55. The number of halogens is 1. The van der Waals surface area contributed by atoms with Crippen molar-refractivity contribution < 1.29 is 9.59 Å². The first-order valence-electron chi connectivity index (χ1n) is 5.35. The van der Waals surface area contributed by atoms with Gasteiger partial charge in [-0.15, -0.1) is 11.3 Å². The van der Waals surface area contributed by atoms with Crippen LogP contribution in [0.5, 0.6) is 0 Å². The largest absolute Gasteiger partial charge is 0.370 e. The van der Waals surface area contributed by atoms with E-state index in [1.807, 2.05) is 6.07 Å². The molecule has 0 aliphatic rings. The van der Waals surface area contributed by atoms with Gasteiger partial charge in [-0.25, -0.2) is 4.98 Å². The summed E-state index contributed by atoms with van der Waals surface area (Å²) in [5.41, 5.74) is 13.2. The van der Waals surface area contributed by atoms with Crippen LogP contribution < -0.4 is 16.8 Å². The highest BCUT2D eigenvalue weighted by Gasteiger charge is 2.19. The molecule has 2 aromatic rings. The number of nitrogens with one attached hydrogen (secondary N) is 1. The average molecular weight is 299 g/mol. The minimum Gasteiger partial charge on any atom is -0.370 e. The molecule has 0 radical (unpaired) electrons. The van der Waals surface area contributed by atoms with Gasteiger partial charge >= 0.3 is 0 Å². The minimum absolute atomic E-state index is 0.226. The van der Waals surface area contributed by atoms with Crippen molar-refractivity contribution in [3.05, 3.63) is 22.7 Å². The molecule has 5 N–H and O–H groups in total. The Morgan fingerprint density at radius 3 is 2.89 bits per heavy atom. The predicted molar refractivity (Wildman–Crippen MR) is 75.0 cm³/mol. The van der Waals surface area contributed by atoms with Crippen LogP contribution in [-0.2, 0) is 9.59 Å². The number of thiazole rings is 1. The number of carbonyl (C=O) groups is 2. The number of aromatic nitrogens is 1. The molecule has 2 amide bonds. The van der Waals surface area contributed by atoms with Gasteiger partial charge in [-0.2, -0.15) is 0 Å². The van der Waals surface area contributed by atoms with E-state index in [4.69, 9.17) is 23.1 Å². The maximum atomic E-state index is 11.8. The number of benzene rings is 1. The molecule has 8 heteroatoms. The van der Waals surface area contributed by atoms with E-state index in [1.54, 1.807) is 11.6 Å². The van der Waals surface area contributed by atoms with Crippen LogP contribution in [0.3, 0.4) is 0 Å². The van der Waals surface area contributed by atoms with E-state index in [0.717, 1.165) is 4.70 Å². The first kappa shape index (κ1) is 13.7. The number of hydrogen-bond donors (Lipinski definition) is 3. The lowest BCUT2D eigenvalue weighted by Gasteiger charge is -2.12. The molecule has 0 saturated carbocycles. The standard InChI is InChI=1S/C11H11ClN4O2S/c12-5-1-2-7-10(15-4-19-7)9(5)16-11(18)6(13)3-8(14)17/h1-2,4,6H,3,13H2,(H2,14,17)(H,16,18). The zero-order valence-corrected chi connectivity index (χ0v) is 11.3. The van der Waals surface area contributed by atoms with Crippen molar-refractivity contribution in [2.24, 2.45) is 11.5 Å². The summed E-state index contributed by atoms with van der Waals surface area (Å²) < 4.78 is 0.892. The van der Waals surface area contributed by atoms with E-state index in [2.05, 4.69) is 10.3 Å². The molecule has 2 rings (SSSR count). The molecule has 0 bridgehead atoms. The summed E-state index contributed by atoms with van der Waals surface area (Å²) >= 11 is 7.46. The van der Waals surface area contributed by atoms with Gasteiger partial charge < -0.3 is 16.8 Å². The second-order valence-electron chi connectivity index (χ2n) is 3.89. The van der Waals surface area contributed by atoms with E-state index in [1.165, 1.54) is 11.3 Å².